The molecule has 5 nitrogen and oxygen atoms in total. The van der Waals surface area contributed by atoms with E-state index in [4.69, 9.17) is 9.72 Å². The van der Waals surface area contributed by atoms with Crippen molar-refractivity contribution in [3.8, 4) is 0 Å². The highest BCUT2D eigenvalue weighted by Crippen LogP contribution is 2.37. The molecule has 0 aromatic carbocycles. The molecule has 1 aliphatic heterocycles. The van der Waals surface area contributed by atoms with E-state index in [9.17, 15) is 4.79 Å². The lowest BCUT2D eigenvalue weighted by molar-refractivity contribution is 0.0605. The van der Waals surface area contributed by atoms with Crippen LogP contribution < -0.4 is 4.90 Å². The van der Waals surface area contributed by atoms with Crippen LogP contribution in [0.5, 0.6) is 0 Å². The quantitative estimate of drug-likeness (QED) is 0.773. The second-order valence-electron chi connectivity index (χ2n) is 5.77. The first-order valence-electron chi connectivity index (χ1n) is 7.73. The van der Waals surface area contributed by atoms with Gasteiger partial charge in [-0.2, -0.15) is 11.8 Å². The van der Waals surface area contributed by atoms with Gasteiger partial charge in [0.2, 0.25) is 0 Å². The van der Waals surface area contributed by atoms with Crippen LogP contribution in [0.2, 0.25) is 0 Å². The Bertz CT molecular complexity index is 744. The summed E-state index contributed by atoms with van der Waals surface area (Å²) < 4.78 is 4.91. The van der Waals surface area contributed by atoms with Crippen LogP contribution in [0, 0.1) is 13.8 Å². The number of esters is 1. The van der Waals surface area contributed by atoms with Crippen molar-refractivity contribution in [1.29, 1.82) is 0 Å². The van der Waals surface area contributed by atoms with Crippen LogP contribution in [0.25, 0.3) is 10.2 Å². The number of hydrogen-bond donors (Lipinski definition) is 0. The number of aryl methyl sites for hydroxylation is 2. The number of hydrogen-bond acceptors (Lipinski definition) is 7. The minimum Gasteiger partial charge on any atom is -0.465 e. The highest BCUT2D eigenvalue weighted by molar-refractivity contribution is 7.99. The van der Waals surface area contributed by atoms with Gasteiger partial charge in [-0.3, -0.25) is 0 Å². The fraction of sp³-hybridized carbons (Fsp3) is 0.562. The van der Waals surface area contributed by atoms with Gasteiger partial charge in [0.25, 0.3) is 0 Å². The predicted octanol–water partition coefficient (Wildman–Crippen LogP) is 3.43. The zero-order valence-electron chi connectivity index (χ0n) is 13.9. The average molecular weight is 351 g/mol. The molecule has 0 saturated carbocycles. The largest absolute Gasteiger partial charge is 0.465 e. The van der Waals surface area contributed by atoms with Crippen LogP contribution in [-0.4, -0.2) is 47.1 Å². The third-order valence-electron chi connectivity index (χ3n) is 4.21. The van der Waals surface area contributed by atoms with E-state index in [1.165, 1.54) is 24.2 Å². The van der Waals surface area contributed by atoms with Crippen LogP contribution in [0.15, 0.2) is 0 Å². The van der Waals surface area contributed by atoms with E-state index in [-0.39, 0.29) is 5.97 Å². The zero-order valence-corrected chi connectivity index (χ0v) is 15.5. The van der Waals surface area contributed by atoms with E-state index in [0.717, 1.165) is 46.1 Å². The Morgan fingerprint density at radius 1 is 1.30 bits per heavy atom. The Kier molecular flexibility index (Phi) is 4.77. The van der Waals surface area contributed by atoms with Crippen molar-refractivity contribution in [3.05, 3.63) is 16.3 Å². The number of carbonyl (C=O) groups is 1. The van der Waals surface area contributed by atoms with Crippen LogP contribution >= 0.6 is 23.1 Å². The molecule has 0 bridgehead atoms. The highest BCUT2D eigenvalue weighted by Gasteiger charge is 2.26. The third-order valence-corrected chi connectivity index (χ3v) is 6.38. The molecule has 1 atom stereocenters. The molecule has 2 aromatic rings. The number of ether oxygens (including phenoxy) is 1. The summed E-state index contributed by atoms with van der Waals surface area (Å²) in [5.74, 6) is 3.69. The number of nitrogens with zero attached hydrogens (tertiary/aromatic N) is 3. The summed E-state index contributed by atoms with van der Waals surface area (Å²) in [4.78, 5) is 25.2. The van der Waals surface area contributed by atoms with Gasteiger partial charge in [0.15, 0.2) is 0 Å². The fourth-order valence-corrected chi connectivity index (χ4v) is 5.10. The lowest BCUT2D eigenvalue weighted by atomic mass is 10.1. The van der Waals surface area contributed by atoms with Crippen LogP contribution in [-0.2, 0) is 4.74 Å². The predicted molar refractivity (Wildman–Crippen MR) is 97.0 cm³/mol. The van der Waals surface area contributed by atoms with Gasteiger partial charge in [-0.05, 0) is 38.5 Å². The molecule has 23 heavy (non-hydrogen) atoms. The van der Waals surface area contributed by atoms with E-state index in [1.807, 2.05) is 25.6 Å². The Morgan fingerprint density at radius 3 is 2.83 bits per heavy atom. The second-order valence-corrected chi connectivity index (χ2v) is 7.99. The minimum absolute atomic E-state index is 0.298. The standard InChI is InChI=1S/C16H21N3O2S2/c1-9-5-7-22-8-6-19(9)14-12-10(2)13(16(20)21-4)23-15(12)18-11(3)17-14/h9H,5-8H2,1-4H3. The minimum atomic E-state index is -0.298. The normalized spacial score (nSPS) is 19.0. The van der Waals surface area contributed by atoms with E-state index in [0.29, 0.717) is 10.9 Å². The van der Waals surface area contributed by atoms with E-state index >= 15 is 0 Å². The molecule has 3 heterocycles. The molecule has 1 aliphatic rings. The number of aromatic nitrogens is 2. The first-order valence-corrected chi connectivity index (χ1v) is 9.70. The number of thioether (sulfide) groups is 1. The van der Waals surface area contributed by atoms with Gasteiger partial charge in [-0.15, -0.1) is 11.3 Å². The van der Waals surface area contributed by atoms with Crippen molar-refractivity contribution in [1.82, 2.24) is 9.97 Å². The third kappa shape index (κ3) is 3.04. The molecule has 0 radical (unpaired) electrons. The van der Waals surface area contributed by atoms with Gasteiger partial charge in [-0.25, -0.2) is 14.8 Å². The van der Waals surface area contributed by atoms with Gasteiger partial charge >= 0.3 is 5.97 Å². The number of methoxy groups -OCH3 is 1. The Hall–Kier alpha value is -1.34. The first kappa shape index (κ1) is 16.5. The smallest absolute Gasteiger partial charge is 0.348 e. The molecule has 7 heteroatoms. The molecule has 1 saturated heterocycles. The monoisotopic (exact) mass is 351 g/mol. The fourth-order valence-electron chi connectivity index (χ4n) is 2.93. The maximum Gasteiger partial charge on any atom is 0.348 e. The van der Waals surface area contributed by atoms with Gasteiger partial charge in [-0.1, -0.05) is 0 Å². The van der Waals surface area contributed by atoms with Crippen molar-refractivity contribution in [3.63, 3.8) is 0 Å². The Morgan fingerprint density at radius 2 is 2.09 bits per heavy atom. The summed E-state index contributed by atoms with van der Waals surface area (Å²) >= 11 is 3.39. The molecule has 2 aromatic heterocycles. The number of fused-ring (bicyclic) bond motifs is 1. The molecule has 3 rings (SSSR count). The zero-order chi connectivity index (χ0) is 16.6. The molecule has 1 unspecified atom stereocenters. The second kappa shape index (κ2) is 6.65. The molecule has 0 aliphatic carbocycles. The summed E-state index contributed by atoms with van der Waals surface area (Å²) in [6.07, 6.45) is 1.14. The SMILES string of the molecule is COC(=O)c1sc2nc(C)nc(N3CCSCCC3C)c2c1C. The van der Waals surface area contributed by atoms with Crippen molar-refractivity contribution in [2.24, 2.45) is 0 Å². The van der Waals surface area contributed by atoms with Crippen LogP contribution in [0.3, 0.4) is 0 Å². The van der Waals surface area contributed by atoms with Crippen molar-refractivity contribution >= 4 is 45.1 Å². The van der Waals surface area contributed by atoms with Gasteiger partial charge < -0.3 is 9.64 Å². The Balaban J connectivity index is 2.19. The van der Waals surface area contributed by atoms with Crippen molar-refractivity contribution in [2.75, 3.05) is 30.1 Å². The van der Waals surface area contributed by atoms with Crippen LogP contribution in [0.4, 0.5) is 5.82 Å². The van der Waals surface area contributed by atoms with E-state index in [1.54, 1.807) is 0 Å². The van der Waals surface area contributed by atoms with Gasteiger partial charge in [0.1, 0.15) is 21.3 Å². The van der Waals surface area contributed by atoms with E-state index in [2.05, 4.69) is 16.8 Å². The van der Waals surface area contributed by atoms with Gasteiger partial charge in [0.05, 0.1) is 12.5 Å². The number of rotatable bonds is 2. The highest BCUT2D eigenvalue weighted by atomic mass is 32.2. The summed E-state index contributed by atoms with van der Waals surface area (Å²) in [5.41, 5.74) is 0.927. The molecule has 124 valence electrons. The maximum absolute atomic E-state index is 12.0. The Labute approximate surface area is 144 Å². The van der Waals surface area contributed by atoms with Crippen LogP contribution in [0.1, 0.15) is 34.4 Å². The molecule has 1 fully saturated rings. The summed E-state index contributed by atoms with van der Waals surface area (Å²) in [7, 11) is 1.41. The summed E-state index contributed by atoms with van der Waals surface area (Å²) in [6, 6.07) is 0.434. The average Bonchev–Trinajstić information content (AvgIpc) is 2.70. The topological polar surface area (TPSA) is 55.3 Å². The lowest BCUT2D eigenvalue weighted by Crippen LogP contribution is -2.34. The molecule has 0 spiro atoms. The van der Waals surface area contributed by atoms with E-state index < -0.39 is 0 Å². The summed E-state index contributed by atoms with van der Waals surface area (Å²) in [6.45, 7) is 7.09. The van der Waals surface area contributed by atoms with Crippen molar-refractivity contribution in [2.45, 2.75) is 33.2 Å². The maximum atomic E-state index is 12.0. The first-order chi connectivity index (χ1) is 11.0. The van der Waals surface area contributed by atoms with Gasteiger partial charge in [0, 0.05) is 18.3 Å². The summed E-state index contributed by atoms with van der Waals surface area (Å²) in [5, 5.41) is 1.000. The number of anilines is 1. The molecular formula is C16H21N3O2S2. The van der Waals surface area contributed by atoms with Crippen molar-refractivity contribution < 1.29 is 9.53 Å². The molecular weight excluding hydrogens is 330 g/mol. The molecule has 0 N–H and O–H groups in total. The number of thiophene rings is 1. The molecule has 0 amide bonds. The lowest BCUT2D eigenvalue weighted by Gasteiger charge is -2.29. The number of carbonyl (C=O) groups excluding carboxylic acids is 1.